The summed E-state index contributed by atoms with van der Waals surface area (Å²) >= 11 is 1.03. The van der Waals surface area contributed by atoms with Gasteiger partial charge < -0.3 is 4.52 Å². The van der Waals surface area contributed by atoms with E-state index >= 15 is 0 Å². The molecule has 0 unspecified atom stereocenters. The number of rotatable bonds is 3. The van der Waals surface area contributed by atoms with Crippen molar-refractivity contribution in [2.75, 3.05) is 0 Å². The number of hydrogen-bond acceptors (Lipinski definition) is 4. The summed E-state index contributed by atoms with van der Waals surface area (Å²) in [6, 6.07) is 4.49. The van der Waals surface area contributed by atoms with E-state index in [0.29, 0.717) is 10.4 Å². The van der Waals surface area contributed by atoms with Gasteiger partial charge >= 0.3 is 17.8 Å². The van der Waals surface area contributed by atoms with Gasteiger partial charge in [0.2, 0.25) is 0 Å². The molecule has 0 radical (unpaired) electrons. The SMILES string of the molecule is Cc1noc(C)c1C1=C(c2cc(-c3cccnc3)sc2C)C(F)(F)C(F)(F)C1(F)F. The molecule has 1 aliphatic rings. The maximum Gasteiger partial charge on any atom is 0.380 e. The van der Waals surface area contributed by atoms with Crippen molar-refractivity contribution < 1.29 is 30.9 Å². The first-order valence-electron chi connectivity index (χ1n) is 8.74. The minimum absolute atomic E-state index is 0.173. The molecule has 3 aromatic heterocycles. The molecule has 0 saturated carbocycles. The number of halogens is 6. The van der Waals surface area contributed by atoms with E-state index in [0.717, 1.165) is 11.3 Å². The van der Waals surface area contributed by atoms with Gasteiger partial charge in [-0.1, -0.05) is 11.2 Å². The summed E-state index contributed by atoms with van der Waals surface area (Å²) in [6.45, 7) is 3.87. The Morgan fingerprint density at radius 2 is 1.63 bits per heavy atom. The van der Waals surface area contributed by atoms with Gasteiger partial charge in [-0.25, -0.2) is 0 Å². The highest BCUT2D eigenvalue weighted by atomic mass is 32.1. The van der Waals surface area contributed by atoms with Gasteiger partial charge in [-0.05, 0) is 38.5 Å². The van der Waals surface area contributed by atoms with Crippen LogP contribution in [0.1, 0.15) is 27.5 Å². The normalized spacial score (nSPS) is 19.5. The van der Waals surface area contributed by atoms with Gasteiger partial charge in [-0.15, -0.1) is 11.3 Å². The van der Waals surface area contributed by atoms with Gasteiger partial charge in [0.15, 0.2) is 0 Å². The fourth-order valence-electron chi connectivity index (χ4n) is 3.63. The first-order valence-corrected chi connectivity index (χ1v) is 9.56. The number of pyridine rings is 1. The van der Waals surface area contributed by atoms with Crippen molar-refractivity contribution in [3.63, 3.8) is 0 Å². The zero-order valence-electron chi connectivity index (χ0n) is 15.9. The zero-order chi connectivity index (χ0) is 22.1. The third-order valence-electron chi connectivity index (χ3n) is 5.08. The van der Waals surface area contributed by atoms with Crippen LogP contribution in [0.5, 0.6) is 0 Å². The van der Waals surface area contributed by atoms with Crippen LogP contribution in [0.25, 0.3) is 21.6 Å². The minimum atomic E-state index is -5.62. The maximum absolute atomic E-state index is 14.9. The van der Waals surface area contributed by atoms with E-state index in [1.165, 1.54) is 39.2 Å². The number of aryl methyl sites for hydroxylation is 3. The molecule has 0 amide bonds. The average molecular weight is 444 g/mol. The lowest BCUT2D eigenvalue weighted by molar-refractivity contribution is -0.254. The fraction of sp³-hybridized carbons (Fsp3) is 0.300. The number of alkyl halides is 6. The van der Waals surface area contributed by atoms with Crippen LogP contribution in [0.15, 0.2) is 35.1 Å². The van der Waals surface area contributed by atoms with E-state index < -0.39 is 34.5 Å². The molecule has 0 saturated heterocycles. The van der Waals surface area contributed by atoms with Crippen molar-refractivity contribution in [2.24, 2.45) is 0 Å². The van der Waals surface area contributed by atoms with E-state index in [1.54, 1.807) is 12.1 Å². The number of allylic oxidation sites excluding steroid dienone is 2. The third-order valence-corrected chi connectivity index (χ3v) is 6.18. The molecule has 4 rings (SSSR count). The zero-order valence-corrected chi connectivity index (χ0v) is 16.7. The second-order valence-electron chi connectivity index (χ2n) is 6.99. The molecule has 30 heavy (non-hydrogen) atoms. The Labute approximate surface area is 171 Å². The fourth-order valence-corrected chi connectivity index (χ4v) is 4.65. The molecule has 0 fully saturated rings. The van der Waals surface area contributed by atoms with Crippen LogP contribution >= 0.6 is 11.3 Å². The lowest BCUT2D eigenvalue weighted by Crippen LogP contribution is -2.49. The van der Waals surface area contributed by atoms with Gasteiger partial charge in [0, 0.05) is 38.8 Å². The molecule has 0 bridgehead atoms. The van der Waals surface area contributed by atoms with E-state index in [4.69, 9.17) is 4.52 Å². The maximum atomic E-state index is 14.9. The van der Waals surface area contributed by atoms with Gasteiger partial charge in [0.25, 0.3) is 0 Å². The first kappa shape index (κ1) is 20.6. The van der Waals surface area contributed by atoms with Gasteiger partial charge in [0.1, 0.15) is 5.76 Å². The Bertz CT molecular complexity index is 1140. The molecule has 3 aromatic rings. The predicted octanol–water partition coefficient (Wildman–Crippen LogP) is 6.55. The Kier molecular flexibility index (Phi) is 4.43. The van der Waals surface area contributed by atoms with Crippen molar-refractivity contribution in [3.8, 4) is 10.4 Å². The van der Waals surface area contributed by atoms with Crippen molar-refractivity contribution in [1.82, 2.24) is 10.1 Å². The number of aromatic nitrogens is 2. The number of thiophene rings is 1. The predicted molar refractivity (Wildman–Crippen MR) is 99.9 cm³/mol. The lowest BCUT2D eigenvalue weighted by atomic mass is 9.94. The largest absolute Gasteiger partial charge is 0.380 e. The Morgan fingerprint density at radius 1 is 0.967 bits per heavy atom. The average Bonchev–Trinajstić information content (AvgIpc) is 3.24. The third kappa shape index (κ3) is 2.59. The minimum Gasteiger partial charge on any atom is -0.361 e. The summed E-state index contributed by atoms with van der Waals surface area (Å²) in [5.41, 5.74) is -3.37. The van der Waals surface area contributed by atoms with Crippen LogP contribution in [0, 0.1) is 20.8 Å². The molecular weight excluding hydrogens is 430 g/mol. The van der Waals surface area contributed by atoms with E-state index in [9.17, 15) is 26.3 Å². The molecule has 3 nitrogen and oxygen atoms in total. The smallest absolute Gasteiger partial charge is 0.361 e. The van der Waals surface area contributed by atoms with Gasteiger partial charge in [-0.3, -0.25) is 4.98 Å². The summed E-state index contributed by atoms with van der Waals surface area (Å²) in [5, 5.41) is 3.49. The van der Waals surface area contributed by atoms with Gasteiger partial charge in [0.05, 0.1) is 11.3 Å². The molecule has 0 N–H and O–H groups in total. The molecule has 0 aliphatic heterocycles. The standard InChI is InChI=1S/C20H14F6N2OS/c1-9-15(10(2)29-28-9)17-16(18(21,22)20(25,26)19(17,23)24)13-7-14(30-11(13)3)12-5-4-6-27-8-12/h4-8H,1-3H3. The highest BCUT2D eigenvalue weighted by Crippen LogP contribution is 2.65. The van der Waals surface area contributed by atoms with Crippen LogP contribution < -0.4 is 0 Å². The summed E-state index contributed by atoms with van der Waals surface area (Å²) in [4.78, 5) is 4.57. The number of nitrogens with zero attached hydrogens (tertiary/aromatic N) is 2. The second-order valence-corrected chi connectivity index (χ2v) is 8.25. The van der Waals surface area contributed by atoms with Gasteiger partial charge in [-0.2, -0.15) is 26.3 Å². The van der Waals surface area contributed by atoms with Crippen molar-refractivity contribution in [3.05, 3.63) is 58.1 Å². The molecule has 0 spiro atoms. The van der Waals surface area contributed by atoms with Crippen molar-refractivity contribution in [1.29, 1.82) is 0 Å². The molecular formula is C20H14F6N2OS. The van der Waals surface area contributed by atoms with Crippen LogP contribution in [-0.2, 0) is 0 Å². The summed E-state index contributed by atoms with van der Waals surface area (Å²) in [7, 11) is 0. The topological polar surface area (TPSA) is 38.9 Å². The van der Waals surface area contributed by atoms with E-state index in [1.807, 2.05) is 0 Å². The molecule has 0 aromatic carbocycles. The summed E-state index contributed by atoms with van der Waals surface area (Å²) < 4.78 is 93.1. The lowest BCUT2D eigenvalue weighted by Gasteiger charge is -2.25. The van der Waals surface area contributed by atoms with E-state index in [2.05, 4.69) is 10.1 Å². The van der Waals surface area contributed by atoms with Crippen LogP contribution in [0.4, 0.5) is 26.3 Å². The second kappa shape index (κ2) is 6.44. The van der Waals surface area contributed by atoms with Crippen molar-refractivity contribution >= 4 is 22.5 Å². The Hall–Kier alpha value is -2.62. The molecule has 3 heterocycles. The highest BCUT2D eigenvalue weighted by Gasteiger charge is 2.80. The number of hydrogen-bond donors (Lipinski definition) is 0. The van der Waals surface area contributed by atoms with Crippen LogP contribution in [-0.4, -0.2) is 27.9 Å². The van der Waals surface area contributed by atoms with Crippen molar-refractivity contribution in [2.45, 2.75) is 38.5 Å². The van der Waals surface area contributed by atoms with Crippen LogP contribution in [0.2, 0.25) is 0 Å². The Morgan fingerprint density at radius 3 is 2.20 bits per heavy atom. The summed E-state index contributed by atoms with van der Waals surface area (Å²) in [5.74, 6) is -16.1. The van der Waals surface area contributed by atoms with E-state index in [-0.39, 0.29) is 21.9 Å². The monoisotopic (exact) mass is 444 g/mol. The molecule has 1 aliphatic carbocycles. The molecule has 10 heteroatoms. The summed E-state index contributed by atoms with van der Waals surface area (Å²) in [6.07, 6.45) is 2.98. The molecule has 158 valence electrons. The Balaban J connectivity index is 2.07. The molecule has 0 atom stereocenters. The first-order chi connectivity index (χ1) is 13.9. The van der Waals surface area contributed by atoms with Crippen LogP contribution in [0.3, 0.4) is 0 Å². The quantitative estimate of drug-likeness (QED) is 0.430. The highest BCUT2D eigenvalue weighted by molar-refractivity contribution is 7.15.